The molecule has 1 amide bonds. The van der Waals surface area contributed by atoms with E-state index in [1.54, 1.807) is 35.2 Å². The number of ether oxygens (including phenoxy) is 5. The number of Topliss-reactive ketones (excluding diaryl/α,β-unsaturated/α-hetero) is 1. The van der Waals surface area contributed by atoms with Gasteiger partial charge in [0, 0.05) is 31.7 Å². The molecule has 10 heteroatoms. The van der Waals surface area contributed by atoms with Crippen molar-refractivity contribution in [3.05, 3.63) is 53.1 Å². The van der Waals surface area contributed by atoms with Crippen LogP contribution in [0.3, 0.4) is 0 Å². The fourth-order valence-corrected chi connectivity index (χ4v) is 5.17. The smallest absolute Gasteiger partial charge is 0.295 e. The Morgan fingerprint density at radius 1 is 0.925 bits per heavy atom. The van der Waals surface area contributed by atoms with Crippen LogP contribution in [0, 0.1) is 0 Å². The van der Waals surface area contributed by atoms with E-state index in [0.717, 1.165) is 19.5 Å². The lowest BCUT2D eigenvalue weighted by Crippen LogP contribution is -2.42. The summed E-state index contributed by atoms with van der Waals surface area (Å²) in [7, 11) is 0. The maximum Gasteiger partial charge on any atom is 0.295 e. The number of likely N-dealkylation sites (tertiary alicyclic amines) is 1. The Hall–Kier alpha value is -3.76. The maximum atomic E-state index is 13.5. The quantitative estimate of drug-likeness (QED) is 0.270. The number of rotatable bonds is 10. The van der Waals surface area contributed by atoms with Crippen LogP contribution in [-0.4, -0.2) is 92.4 Å². The van der Waals surface area contributed by atoms with E-state index >= 15 is 0 Å². The number of hydrogen-bond acceptors (Lipinski definition) is 9. The number of carbonyl (C=O) groups is 2. The number of morpholine rings is 1. The lowest BCUT2D eigenvalue weighted by atomic mass is 9.94. The van der Waals surface area contributed by atoms with Gasteiger partial charge in [-0.1, -0.05) is 13.0 Å². The van der Waals surface area contributed by atoms with E-state index in [-0.39, 0.29) is 11.3 Å². The molecule has 3 aliphatic rings. The highest BCUT2D eigenvalue weighted by Gasteiger charge is 2.46. The summed E-state index contributed by atoms with van der Waals surface area (Å²) in [5, 5.41) is 11.5. The van der Waals surface area contributed by atoms with E-state index in [2.05, 4.69) is 4.90 Å². The average molecular weight is 553 g/mol. The summed E-state index contributed by atoms with van der Waals surface area (Å²) in [6.45, 7) is 9.32. The van der Waals surface area contributed by atoms with E-state index in [1.165, 1.54) is 0 Å². The lowest BCUT2D eigenvalue weighted by Gasteiger charge is -2.31. The Morgan fingerprint density at radius 3 is 2.45 bits per heavy atom. The van der Waals surface area contributed by atoms with E-state index in [1.807, 2.05) is 19.9 Å². The van der Waals surface area contributed by atoms with Gasteiger partial charge in [0.2, 0.25) is 0 Å². The molecule has 3 heterocycles. The van der Waals surface area contributed by atoms with Crippen molar-refractivity contribution in [3.63, 3.8) is 0 Å². The number of aliphatic hydroxyl groups excluding tert-OH is 1. The van der Waals surface area contributed by atoms with Gasteiger partial charge in [-0.15, -0.1) is 0 Å². The molecule has 0 aliphatic carbocycles. The third-order valence-electron chi connectivity index (χ3n) is 7.16. The zero-order chi connectivity index (χ0) is 28.1. The van der Waals surface area contributed by atoms with Gasteiger partial charge in [0.05, 0.1) is 38.0 Å². The molecule has 5 rings (SSSR count). The van der Waals surface area contributed by atoms with Crippen molar-refractivity contribution >= 4 is 17.4 Å². The average Bonchev–Trinajstić information content (AvgIpc) is 3.24. The largest absolute Gasteiger partial charge is 0.507 e. The molecule has 0 bridgehead atoms. The molecule has 0 aromatic heterocycles. The van der Waals surface area contributed by atoms with Gasteiger partial charge in [-0.2, -0.15) is 0 Å². The molecule has 2 aromatic rings. The number of ketones is 1. The molecule has 214 valence electrons. The third kappa shape index (κ3) is 5.73. The molecular weight excluding hydrogens is 516 g/mol. The van der Waals surface area contributed by atoms with Gasteiger partial charge in [-0.05, 0) is 49.2 Å². The van der Waals surface area contributed by atoms with Crippen molar-refractivity contribution in [2.24, 2.45) is 0 Å². The number of hydrogen-bond donors (Lipinski definition) is 1. The van der Waals surface area contributed by atoms with Crippen LogP contribution in [0.25, 0.3) is 5.76 Å². The molecule has 3 aliphatic heterocycles. The Kier molecular flexibility index (Phi) is 8.76. The molecule has 2 fully saturated rings. The van der Waals surface area contributed by atoms with Crippen LogP contribution in [0.2, 0.25) is 0 Å². The van der Waals surface area contributed by atoms with Gasteiger partial charge < -0.3 is 33.7 Å². The van der Waals surface area contributed by atoms with Crippen LogP contribution in [0.5, 0.6) is 23.0 Å². The van der Waals surface area contributed by atoms with Crippen molar-refractivity contribution in [2.45, 2.75) is 26.3 Å². The summed E-state index contributed by atoms with van der Waals surface area (Å²) in [6.07, 6.45) is 0.838. The van der Waals surface area contributed by atoms with E-state index in [0.29, 0.717) is 86.9 Å². The van der Waals surface area contributed by atoms with E-state index in [9.17, 15) is 14.7 Å². The molecule has 10 nitrogen and oxygen atoms in total. The van der Waals surface area contributed by atoms with Crippen LogP contribution in [-0.2, 0) is 14.3 Å². The second-order valence-corrected chi connectivity index (χ2v) is 9.79. The first-order chi connectivity index (χ1) is 19.5. The van der Waals surface area contributed by atoms with Crippen LogP contribution in [0.4, 0.5) is 0 Å². The summed E-state index contributed by atoms with van der Waals surface area (Å²) in [5.74, 6) is 0.499. The van der Waals surface area contributed by atoms with Crippen LogP contribution < -0.4 is 18.9 Å². The second kappa shape index (κ2) is 12.6. The summed E-state index contributed by atoms with van der Waals surface area (Å²) >= 11 is 0. The van der Waals surface area contributed by atoms with Gasteiger partial charge in [0.25, 0.3) is 11.7 Å². The van der Waals surface area contributed by atoms with E-state index in [4.69, 9.17) is 23.7 Å². The fraction of sp³-hybridized carbons (Fsp3) is 0.467. The van der Waals surface area contributed by atoms with E-state index < -0.39 is 17.7 Å². The standard InChI is InChI=1S/C30H36N2O8/c1-3-13-38-22-7-5-20(18-24(22)37-4-2)27-26(28(33)21-6-8-23-25(19-21)40-17-16-39-23)29(34)30(35)32(27)10-9-31-11-14-36-15-12-31/h5-8,18-19,27,33H,3-4,9-17H2,1-2H3/t27-/m1/s1. The number of carbonyl (C=O) groups excluding carboxylic acids is 2. The summed E-state index contributed by atoms with van der Waals surface area (Å²) in [4.78, 5) is 30.7. The van der Waals surface area contributed by atoms with Crippen molar-refractivity contribution in [2.75, 3.05) is 65.8 Å². The predicted octanol–water partition coefficient (Wildman–Crippen LogP) is 3.40. The molecule has 2 aromatic carbocycles. The lowest BCUT2D eigenvalue weighted by molar-refractivity contribution is -0.140. The van der Waals surface area contributed by atoms with Crippen molar-refractivity contribution in [1.29, 1.82) is 0 Å². The summed E-state index contributed by atoms with van der Waals surface area (Å²) in [6, 6.07) is 9.59. The number of aliphatic hydroxyl groups is 1. The number of nitrogens with zero attached hydrogens (tertiary/aromatic N) is 2. The highest BCUT2D eigenvalue weighted by Crippen LogP contribution is 2.43. The first-order valence-corrected chi connectivity index (χ1v) is 13.9. The van der Waals surface area contributed by atoms with Gasteiger partial charge in [-0.25, -0.2) is 0 Å². The molecule has 40 heavy (non-hydrogen) atoms. The Morgan fingerprint density at radius 2 is 1.70 bits per heavy atom. The minimum Gasteiger partial charge on any atom is -0.507 e. The van der Waals surface area contributed by atoms with Crippen molar-refractivity contribution in [1.82, 2.24) is 9.80 Å². The molecule has 0 spiro atoms. The van der Waals surface area contributed by atoms with Gasteiger partial charge in [0.1, 0.15) is 19.0 Å². The minimum atomic E-state index is -0.811. The topological polar surface area (TPSA) is 107 Å². The Labute approximate surface area is 234 Å². The molecule has 0 saturated carbocycles. The normalized spacial score (nSPS) is 20.6. The number of benzene rings is 2. The third-order valence-corrected chi connectivity index (χ3v) is 7.16. The molecule has 0 radical (unpaired) electrons. The fourth-order valence-electron chi connectivity index (χ4n) is 5.17. The monoisotopic (exact) mass is 552 g/mol. The molecule has 1 N–H and O–H groups in total. The summed E-state index contributed by atoms with van der Waals surface area (Å²) in [5.41, 5.74) is 1.04. The number of amides is 1. The first kappa shape index (κ1) is 27.8. The van der Waals surface area contributed by atoms with Crippen molar-refractivity contribution in [3.8, 4) is 23.0 Å². The summed E-state index contributed by atoms with van der Waals surface area (Å²) < 4.78 is 28.5. The van der Waals surface area contributed by atoms with Gasteiger partial charge >= 0.3 is 0 Å². The minimum absolute atomic E-state index is 0.0216. The van der Waals surface area contributed by atoms with Gasteiger partial charge in [-0.3, -0.25) is 14.5 Å². The molecule has 2 saturated heterocycles. The zero-order valence-corrected chi connectivity index (χ0v) is 23.0. The SMILES string of the molecule is CCCOc1ccc([C@@H]2C(=C(O)c3ccc4c(c3)OCCO4)C(=O)C(=O)N2CCN2CCOCC2)cc1OCC. The van der Waals surface area contributed by atoms with Crippen LogP contribution in [0.15, 0.2) is 42.0 Å². The molecule has 0 unspecified atom stereocenters. The van der Waals surface area contributed by atoms with Crippen LogP contribution in [0.1, 0.15) is 37.4 Å². The van der Waals surface area contributed by atoms with Gasteiger partial charge in [0.15, 0.2) is 23.0 Å². The number of fused-ring (bicyclic) bond motifs is 1. The second-order valence-electron chi connectivity index (χ2n) is 9.79. The maximum absolute atomic E-state index is 13.5. The highest BCUT2D eigenvalue weighted by molar-refractivity contribution is 6.46. The molecule has 1 atom stereocenters. The first-order valence-electron chi connectivity index (χ1n) is 13.9. The Bertz CT molecular complexity index is 1270. The molecular formula is C30H36N2O8. The Balaban J connectivity index is 1.56. The highest BCUT2D eigenvalue weighted by atomic mass is 16.6. The van der Waals surface area contributed by atoms with Crippen molar-refractivity contribution < 1.29 is 38.4 Å². The zero-order valence-electron chi connectivity index (χ0n) is 23.0. The predicted molar refractivity (Wildman–Crippen MR) is 147 cm³/mol. The van der Waals surface area contributed by atoms with Crippen LogP contribution >= 0.6 is 0 Å².